The van der Waals surface area contributed by atoms with Crippen molar-refractivity contribution in [3.63, 3.8) is 0 Å². The van der Waals surface area contributed by atoms with Crippen molar-refractivity contribution in [3.8, 4) is 0 Å². The van der Waals surface area contributed by atoms with E-state index in [1.165, 1.54) is 17.7 Å². The van der Waals surface area contributed by atoms with Gasteiger partial charge in [-0.2, -0.15) is 0 Å². The van der Waals surface area contributed by atoms with Gasteiger partial charge in [-0.1, -0.05) is 42.0 Å². The Morgan fingerprint density at radius 1 is 1.17 bits per heavy atom. The fourth-order valence-electron chi connectivity index (χ4n) is 4.27. The van der Waals surface area contributed by atoms with Crippen LogP contribution in [0.1, 0.15) is 23.5 Å². The van der Waals surface area contributed by atoms with Crippen LogP contribution in [0.2, 0.25) is 0 Å². The van der Waals surface area contributed by atoms with Crippen LogP contribution < -0.4 is 4.90 Å². The first-order valence-corrected chi connectivity index (χ1v) is 6.94. The molecule has 1 aliphatic heterocycles. The second kappa shape index (κ2) is 3.50. The normalized spacial score (nSPS) is 35.6. The lowest BCUT2D eigenvalue weighted by atomic mass is 9.89. The van der Waals surface area contributed by atoms with Crippen LogP contribution in [0.4, 0.5) is 5.69 Å². The number of hydrogen-bond donors (Lipinski definition) is 0. The molecule has 0 radical (unpaired) electrons. The number of fused-ring (bicyclic) bond motifs is 5. The smallest absolute Gasteiger partial charge is 0.0424 e. The molecular weight excluding hydrogens is 218 g/mol. The predicted molar refractivity (Wildman–Crippen MR) is 76.0 cm³/mol. The molecule has 1 heteroatoms. The average molecular weight is 237 g/mol. The number of benzene rings is 1. The minimum atomic E-state index is 0.674. The molecule has 1 nitrogen and oxygen atoms in total. The minimum Gasteiger partial charge on any atom is -0.370 e. The van der Waals surface area contributed by atoms with E-state index >= 15 is 0 Å². The van der Waals surface area contributed by atoms with Gasteiger partial charge in [-0.3, -0.25) is 0 Å². The van der Waals surface area contributed by atoms with Gasteiger partial charge in [0.2, 0.25) is 0 Å². The van der Waals surface area contributed by atoms with Crippen molar-refractivity contribution in [2.75, 3.05) is 11.9 Å². The third-order valence-electron chi connectivity index (χ3n) is 5.04. The van der Waals surface area contributed by atoms with E-state index in [4.69, 9.17) is 0 Å². The van der Waals surface area contributed by atoms with E-state index in [-0.39, 0.29) is 0 Å². The fourth-order valence-corrected chi connectivity index (χ4v) is 4.27. The van der Waals surface area contributed by atoms with E-state index in [1.54, 1.807) is 5.56 Å². The van der Waals surface area contributed by atoms with Gasteiger partial charge >= 0.3 is 0 Å². The summed E-state index contributed by atoms with van der Waals surface area (Å²) in [6, 6.07) is 7.62. The largest absolute Gasteiger partial charge is 0.370 e. The van der Waals surface area contributed by atoms with Gasteiger partial charge < -0.3 is 4.90 Å². The first kappa shape index (κ1) is 10.4. The van der Waals surface area contributed by atoms with Crippen molar-refractivity contribution < 1.29 is 0 Å². The van der Waals surface area contributed by atoms with E-state index in [0.29, 0.717) is 12.0 Å². The van der Waals surface area contributed by atoms with Crippen LogP contribution in [-0.2, 0) is 0 Å². The van der Waals surface area contributed by atoms with Crippen molar-refractivity contribution in [1.29, 1.82) is 0 Å². The van der Waals surface area contributed by atoms with Crippen LogP contribution in [0.25, 0.3) is 0 Å². The molecule has 0 aromatic heterocycles. The Morgan fingerprint density at radius 3 is 2.89 bits per heavy atom. The van der Waals surface area contributed by atoms with Crippen LogP contribution in [0.3, 0.4) is 0 Å². The van der Waals surface area contributed by atoms with Crippen molar-refractivity contribution in [2.24, 2.45) is 11.8 Å². The van der Waals surface area contributed by atoms with Gasteiger partial charge in [-0.05, 0) is 30.9 Å². The number of likely N-dealkylation sites (N-methyl/N-ethyl adjacent to an activating group) is 1. The van der Waals surface area contributed by atoms with E-state index in [2.05, 4.69) is 61.4 Å². The predicted octanol–water partition coefficient (Wildman–Crippen LogP) is 3.66. The molecular formula is C17H19N. The molecule has 1 heterocycles. The highest BCUT2D eigenvalue weighted by Gasteiger charge is 2.48. The lowest BCUT2D eigenvalue weighted by Gasteiger charge is -2.29. The fraction of sp³-hybridized carbons (Fsp3) is 0.412. The summed E-state index contributed by atoms with van der Waals surface area (Å²) in [5.74, 6) is 2.19. The van der Waals surface area contributed by atoms with Crippen molar-refractivity contribution in [2.45, 2.75) is 25.3 Å². The Hall–Kier alpha value is -1.50. The maximum Gasteiger partial charge on any atom is 0.0424 e. The van der Waals surface area contributed by atoms with E-state index in [1.807, 2.05) is 0 Å². The second-order valence-corrected chi connectivity index (χ2v) is 6.02. The third-order valence-corrected chi connectivity index (χ3v) is 5.04. The molecule has 4 rings (SSSR count). The second-order valence-electron chi connectivity index (χ2n) is 6.02. The highest BCUT2D eigenvalue weighted by Crippen LogP contribution is 2.54. The van der Waals surface area contributed by atoms with Gasteiger partial charge in [-0.25, -0.2) is 0 Å². The van der Waals surface area contributed by atoms with Gasteiger partial charge in [-0.15, -0.1) is 0 Å². The monoisotopic (exact) mass is 237 g/mol. The molecule has 4 unspecified atom stereocenters. The number of nitrogens with zero attached hydrogens (tertiary/aromatic N) is 1. The minimum absolute atomic E-state index is 0.674. The summed E-state index contributed by atoms with van der Waals surface area (Å²) in [6.07, 6.45) is 10.6. The molecule has 92 valence electrons. The topological polar surface area (TPSA) is 3.24 Å². The van der Waals surface area contributed by atoms with Crippen LogP contribution in [0, 0.1) is 18.8 Å². The Balaban J connectivity index is 1.82. The summed E-state index contributed by atoms with van der Waals surface area (Å²) in [5, 5.41) is 0. The molecule has 1 fully saturated rings. The number of rotatable bonds is 0. The summed E-state index contributed by atoms with van der Waals surface area (Å²) >= 11 is 0. The summed E-state index contributed by atoms with van der Waals surface area (Å²) in [4.78, 5) is 2.52. The summed E-state index contributed by atoms with van der Waals surface area (Å²) in [7, 11) is 2.27. The van der Waals surface area contributed by atoms with Crippen molar-refractivity contribution in [3.05, 3.63) is 53.6 Å². The molecule has 0 bridgehead atoms. The molecule has 0 N–H and O–H groups in total. The van der Waals surface area contributed by atoms with Gasteiger partial charge in [0.1, 0.15) is 0 Å². The number of anilines is 1. The molecule has 1 saturated carbocycles. The van der Waals surface area contributed by atoms with E-state index < -0.39 is 0 Å². The molecule has 1 aromatic rings. The first-order chi connectivity index (χ1) is 8.75. The summed E-state index contributed by atoms with van der Waals surface area (Å²) < 4.78 is 0. The van der Waals surface area contributed by atoms with Crippen LogP contribution in [0.15, 0.2) is 42.5 Å². The number of hydrogen-bond acceptors (Lipinski definition) is 1. The van der Waals surface area contributed by atoms with Crippen molar-refractivity contribution >= 4 is 5.69 Å². The average Bonchev–Trinajstić information content (AvgIpc) is 2.87. The van der Waals surface area contributed by atoms with Crippen molar-refractivity contribution in [1.82, 2.24) is 0 Å². The third kappa shape index (κ3) is 1.22. The molecule has 3 aliphatic rings. The standard InChI is InChI=1S/C17H19N/c1-11-7-8-16-14(9-11)15-10-12-5-3-4-6-13(12)17(15)18(16)2/h3-9,12-13,15,17H,10H2,1-2H3. The van der Waals surface area contributed by atoms with Crippen LogP contribution in [-0.4, -0.2) is 13.1 Å². The number of allylic oxidation sites excluding steroid dienone is 3. The Kier molecular flexibility index (Phi) is 2.03. The van der Waals surface area contributed by atoms with Gasteiger partial charge in [0.25, 0.3) is 0 Å². The van der Waals surface area contributed by atoms with Gasteiger partial charge in [0.05, 0.1) is 0 Å². The molecule has 2 aliphatic carbocycles. The maximum absolute atomic E-state index is 2.52. The summed E-state index contributed by atoms with van der Waals surface area (Å²) in [5.41, 5.74) is 4.43. The van der Waals surface area contributed by atoms with Crippen LogP contribution >= 0.6 is 0 Å². The van der Waals surface area contributed by atoms with E-state index in [0.717, 1.165) is 11.8 Å². The highest BCUT2D eigenvalue weighted by atomic mass is 15.2. The lowest BCUT2D eigenvalue weighted by Crippen LogP contribution is -2.34. The molecule has 0 amide bonds. The van der Waals surface area contributed by atoms with Crippen LogP contribution in [0.5, 0.6) is 0 Å². The molecule has 0 saturated heterocycles. The summed E-state index contributed by atoms with van der Waals surface area (Å²) in [6.45, 7) is 2.20. The first-order valence-electron chi connectivity index (χ1n) is 6.94. The highest BCUT2D eigenvalue weighted by molar-refractivity contribution is 5.64. The zero-order valence-corrected chi connectivity index (χ0v) is 11.0. The SMILES string of the molecule is Cc1ccc2c(c1)C1CC3C=CC=CC3C1N2C. The Bertz CT molecular complexity index is 555. The Morgan fingerprint density at radius 2 is 2.00 bits per heavy atom. The van der Waals surface area contributed by atoms with Gasteiger partial charge in [0.15, 0.2) is 0 Å². The quantitative estimate of drug-likeness (QED) is 0.665. The van der Waals surface area contributed by atoms with E-state index in [9.17, 15) is 0 Å². The van der Waals surface area contributed by atoms with Gasteiger partial charge in [0, 0.05) is 30.6 Å². The zero-order chi connectivity index (χ0) is 12.3. The number of aryl methyl sites for hydroxylation is 1. The Labute approximate surface area is 109 Å². The molecule has 1 aromatic carbocycles. The molecule has 18 heavy (non-hydrogen) atoms. The lowest BCUT2D eigenvalue weighted by molar-refractivity contribution is 0.491. The molecule has 0 spiro atoms. The maximum atomic E-state index is 2.52. The zero-order valence-electron chi connectivity index (χ0n) is 11.0. The molecule has 4 atom stereocenters.